The van der Waals surface area contributed by atoms with Gasteiger partial charge in [-0.1, -0.05) is 20.3 Å². The zero-order chi connectivity index (χ0) is 15.0. The van der Waals surface area contributed by atoms with Crippen LogP contribution in [0.15, 0.2) is 0 Å². The second-order valence-corrected chi connectivity index (χ2v) is 6.91. The molecule has 0 aromatic rings. The van der Waals surface area contributed by atoms with Crippen LogP contribution in [0.1, 0.15) is 52.9 Å². The highest BCUT2D eigenvalue weighted by Gasteiger charge is 2.58. The Morgan fingerprint density at radius 3 is 2.80 bits per heavy atom. The average molecular weight is 277 g/mol. The third kappa shape index (κ3) is 2.34. The quantitative estimate of drug-likeness (QED) is 0.728. The number of rotatable bonds is 2. The summed E-state index contributed by atoms with van der Waals surface area (Å²) in [5, 5.41) is 9.62. The van der Waals surface area contributed by atoms with Gasteiger partial charge in [-0.3, -0.25) is 9.59 Å². The number of nitriles is 1. The van der Waals surface area contributed by atoms with Gasteiger partial charge in [0.15, 0.2) is 5.78 Å². The van der Waals surface area contributed by atoms with Crippen molar-refractivity contribution in [3.63, 3.8) is 0 Å². The van der Waals surface area contributed by atoms with Crippen LogP contribution in [0.5, 0.6) is 0 Å². The molecule has 2 aliphatic carbocycles. The Labute approximate surface area is 120 Å². The van der Waals surface area contributed by atoms with Gasteiger partial charge in [-0.05, 0) is 37.5 Å². The van der Waals surface area contributed by atoms with Crippen molar-refractivity contribution in [2.45, 2.75) is 52.9 Å². The molecule has 0 saturated heterocycles. The van der Waals surface area contributed by atoms with E-state index in [0.717, 1.165) is 19.3 Å². The lowest BCUT2D eigenvalue weighted by atomic mass is 9.51. The second-order valence-electron chi connectivity index (χ2n) is 6.91. The van der Waals surface area contributed by atoms with E-state index >= 15 is 0 Å². The van der Waals surface area contributed by atoms with Crippen molar-refractivity contribution in [3.8, 4) is 6.07 Å². The van der Waals surface area contributed by atoms with E-state index in [1.807, 2.05) is 13.8 Å². The molecule has 4 nitrogen and oxygen atoms in total. The van der Waals surface area contributed by atoms with Crippen LogP contribution in [-0.2, 0) is 14.3 Å². The summed E-state index contributed by atoms with van der Waals surface area (Å²) in [7, 11) is 0. The molecule has 0 aromatic heterocycles. The number of ether oxygens (including phenoxy) is 1. The van der Waals surface area contributed by atoms with Crippen molar-refractivity contribution in [1.82, 2.24) is 0 Å². The molecule has 20 heavy (non-hydrogen) atoms. The van der Waals surface area contributed by atoms with E-state index in [-0.39, 0.29) is 29.0 Å². The first-order valence-electron chi connectivity index (χ1n) is 7.47. The predicted octanol–water partition coefficient (Wildman–Crippen LogP) is 2.86. The fourth-order valence-corrected chi connectivity index (χ4v) is 3.99. The number of ketones is 1. The average Bonchev–Trinajstić information content (AvgIpc) is 2.37. The van der Waals surface area contributed by atoms with Crippen molar-refractivity contribution in [3.05, 3.63) is 0 Å². The molecule has 2 saturated carbocycles. The van der Waals surface area contributed by atoms with E-state index < -0.39 is 5.41 Å². The highest BCUT2D eigenvalue weighted by Crippen LogP contribution is 2.55. The highest BCUT2D eigenvalue weighted by atomic mass is 16.5. The Morgan fingerprint density at radius 1 is 1.50 bits per heavy atom. The predicted molar refractivity (Wildman–Crippen MR) is 73.5 cm³/mol. The smallest absolute Gasteiger partial charge is 0.309 e. The largest absolute Gasteiger partial charge is 0.466 e. The van der Waals surface area contributed by atoms with Gasteiger partial charge in [0.1, 0.15) is 5.41 Å². The van der Waals surface area contributed by atoms with Crippen molar-refractivity contribution in [2.75, 3.05) is 6.61 Å². The van der Waals surface area contributed by atoms with Crippen LogP contribution in [0.2, 0.25) is 0 Å². The maximum absolute atomic E-state index is 12.5. The molecule has 2 fully saturated rings. The molecule has 110 valence electrons. The van der Waals surface area contributed by atoms with Crippen LogP contribution < -0.4 is 0 Å². The molecule has 0 aliphatic heterocycles. The first-order valence-corrected chi connectivity index (χ1v) is 7.47. The number of fused-ring (bicyclic) bond motifs is 1. The molecule has 3 atom stereocenters. The molecule has 0 bridgehead atoms. The van der Waals surface area contributed by atoms with E-state index in [9.17, 15) is 14.9 Å². The van der Waals surface area contributed by atoms with E-state index in [1.165, 1.54) is 0 Å². The highest BCUT2D eigenvalue weighted by molar-refractivity contribution is 5.90. The summed E-state index contributed by atoms with van der Waals surface area (Å²) in [6.45, 7) is 6.22. The monoisotopic (exact) mass is 277 g/mol. The molecule has 0 spiro atoms. The normalized spacial score (nSPS) is 35.8. The van der Waals surface area contributed by atoms with Gasteiger partial charge in [0.25, 0.3) is 0 Å². The lowest BCUT2D eigenvalue weighted by Gasteiger charge is -2.49. The molecule has 2 rings (SSSR count). The van der Waals surface area contributed by atoms with Gasteiger partial charge in [0.05, 0.1) is 18.6 Å². The molecule has 0 unspecified atom stereocenters. The first kappa shape index (κ1) is 15.0. The Balaban J connectivity index is 2.37. The maximum atomic E-state index is 12.5. The van der Waals surface area contributed by atoms with Crippen molar-refractivity contribution in [1.29, 1.82) is 5.26 Å². The molecule has 0 amide bonds. The van der Waals surface area contributed by atoms with Crippen LogP contribution in [-0.4, -0.2) is 18.4 Å². The van der Waals surface area contributed by atoms with Crippen LogP contribution in [0.4, 0.5) is 0 Å². The zero-order valence-corrected chi connectivity index (χ0v) is 12.6. The fraction of sp³-hybridized carbons (Fsp3) is 0.812. The summed E-state index contributed by atoms with van der Waals surface area (Å²) in [6, 6.07) is 2.28. The second kappa shape index (κ2) is 5.20. The van der Waals surface area contributed by atoms with E-state index in [2.05, 4.69) is 6.07 Å². The number of esters is 1. The minimum Gasteiger partial charge on any atom is -0.466 e. The fourth-order valence-electron chi connectivity index (χ4n) is 3.99. The lowest BCUT2D eigenvalue weighted by molar-refractivity contribution is -0.159. The van der Waals surface area contributed by atoms with Crippen molar-refractivity contribution in [2.24, 2.45) is 22.7 Å². The summed E-state index contributed by atoms with van der Waals surface area (Å²) in [5.41, 5.74) is -1.09. The molecule has 2 aliphatic rings. The van der Waals surface area contributed by atoms with E-state index in [4.69, 9.17) is 4.74 Å². The third-order valence-electron chi connectivity index (χ3n) is 4.90. The standard InChI is InChI=1S/C16H23NO3/c1-4-20-14(19)11-6-5-7-16(10-17)12(11)8-15(2,3)9-13(16)18/h11-12H,4-9H2,1-3H3/t11-,12-,16-/m1/s1. The first-order chi connectivity index (χ1) is 9.36. The van der Waals surface area contributed by atoms with Crippen LogP contribution in [0.3, 0.4) is 0 Å². The topological polar surface area (TPSA) is 67.2 Å². The summed E-state index contributed by atoms with van der Waals surface area (Å²) in [4.78, 5) is 24.7. The van der Waals surface area contributed by atoms with E-state index in [1.54, 1.807) is 6.92 Å². The Bertz CT molecular complexity index is 463. The Kier molecular flexibility index (Phi) is 3.90. The molecular formula is C16H23NO3. The Morgan fingerprint density at radius 2 is 2.20 bits per heavy atom. The van der Waals surface area contributed by atoms with Crippen molar-refractivity contribution >= 4 is 11.8 Å². The van der Waals surface area contributed by atoms with Crippen molar-refractivity contribution < 1.29 is 14.3 Å². The van der Waals surface area contributed by atoms with Crippen LogP contribution in [0.25, 0.3) is 0 Å². The minimum absolute atomic E-state index is 0.0234. The van der Waals surface area contributed by atoms with Gasteiger partial charge in [-0.25, -0.2) is 0 Å². The van der Waals surface area contributed by atoms with Gasteiger partial charge in [-0.2, -0.15) is 5.26 Å². The third-order valence-corrected chi connectivity index (χ3v) is 4.90. The van der Waals surface area contributed by atoms with Gasteiger partial charge >= 0.3 is 5.97 Å². The van der Waals surface area contributed by atoms with Crippen LogP contribution in [0, 0.1) is 34.0 Å². The summed E-state index contributed by atoms with van der Waals surface area (Å²) < 4.78 is 5.16. The number of carbonyl (C=O) groups is 2. The summed E-state index contributed by atoms with van der Waals surface area (Å²) >= 11 is 0. The van der Waals surface area contributed by atoms with Gasteiger partial charge in [-0.15, -0.1) is 0 Å². The summed E-state index contributed by atoms with van der Waals surface area (Å²) in [5.74, 6) is -0.694. The zero-order valence-electron chi connectivity index (χ0n) is 12.6. The van der Waals surface area contributed by atoms with Gasteiger partial charge in [0.2, 0.25) is 0 Å². The number of Topliss-reactive ketones (excluding diaryl/α,β-unsaturated/α-hetero) is 1. The number of carbonyl (C=O) groups excluding carboxylic acids is 2. The lowest BCUT2D eigenvalue weighted by Crippen LogP contribution is -2.52. The SMILES string of the molecule is CCOC(=O)[C@@H]1CCC[C@]2(C#N)C(=O)CC(C)(C)C[C@H]12. The molecule has 0 heterocycles. The van der Waals surface area contributed by atoms with Gasteiger partial charge < -0.3 is 4.74 Å². The van der Waals surface area contributed by atoms with E-state index in [0.29, 0.717) is 19.4 Å². The van der Waals surface area contributed by atoms with Crippen LogP contribution >= 0.6 is 0 Å². The molecule has 0 N–H and O–H groups in total. The minimum atomic E-state index is -0.953. The number of hydrogen-bond acceptors (Lipinski definition) is 4. The maximum Gasteiger partial charge on any atom is 0.309 e. The molecule has 4 heteroatoms. The molecule has 0 aromatic carbocycles. The summed E-state index contributed by atoms with van der Waals surface area (Å²) in [6.07, 6.45) is 3.26. The Hall–Kier alpha value is -1.37. The number of hydrogen-bond donors (Lipinski definition) is 0. The van der Waals surface area contributed by atoms with Gasteiger partial charge in [0, 0.05) is 6.42 Å². The molecular weight excluding hydrogens is 254 g/mol. The molecule has 0 radical (unpaired) electrons. The number of nitrogens with zero attached hydrogens (tertiary/aromatic N) is 1.